The van der Waals surface area contributed by atoms with Crippen LogP contribution < -0.4 is 0 Å². The van der Waals surface area contributed by atoms with Gasteiger partial charge in [-0.3, -0.25) is 4.79 Å². The number of carbonyl (C=O) groups excluding carboxylic acids is 1. The molecule has 0 unspecified atom stereocenters. The van der Waals surface area contributed by atoms with Crippen LogP contribution in [0.4, 0.5) is 0 Å². The summed E-state index contributed by atoms with van der Waals surface area (Å²) in [6, 6.07) is 0. The Morgan fingerprint density at radius 1 is 1.36 bits per heavy atom. The summed E-state index contributed by atoms with van der Waals surface area (Å²) in [5.41, 5.74) is 0.401. The van der Waals surface area contributed by atoms with Crippen molar-refractivity contribution in [3.63, 3.8) is 0 Å². The summed E-state index contributed by atoms with van der Waals surface area (Å²) in [7, 11) is 0. The molecule has 4 rings (SSSR count). The molecule has 1 aliphatic heterocycles. The molecule has 0 aromatic heterocycles. The van der Waals surface area contributed by atoms with E-state index in [9.17, 15) is 4.79 Å². The molecule has 0 N–H and O–H groups in total. The number of carbonyl (C=O) groups is 1. The molecule has 3 saturated carbocycles. The maximum Gasteiger partial charge on any atom is 0.223 e. The second kappa shape index (κ2) is 1.62. The lowest BCUT2D eigenvalue weighted by Gasteiger charge is -2.65. The van der Waals surface area contributed by atoms with E-state index >= 15 is 0 Å². The van der Waals surface area contributed by atoms with Crippen molar-refractivity contribution in [2.45, 2.75) is 37.6 Å². The normalized spacial score (nSPS) is 47.1. The minimum absolute atomic E-state index is 0.401. The molecular formula is C9H13NO. The zero-order valence-electron chi connectivity index (χ0n) is 6.68. The molecule has 1 saturated heterocycles. The fourth-order valence-electron chi connectivity index (χ4n) is 2.91. The molecule has 1 heterocycles. The number of nitrogens with zero attached hydrogens (tertiary/aromatic N) is 1. The molecule has 0 aromatic carbocycles. The third-order valence-electron chi connectivity index (χ3n) is 3.65. The Labute approximate surface area is 66.6 Å². The molecule has 11 heavy (non-hydrogen) atoms. The van der Waals surface area contributed by atoms with Crippen molar-refractivity contribution >= 4 is 5.91 Å². The highest BCUT2D eigenvalue weighted by Crippen LogP contribution is 2.61. The van der Waals surface area contributed by atoms with Gasteiger partial charge in [-0.05, 0) is 31.6 Å². The molecule has 2 nitrogen and oxygen atoms in total. The Morgan fingerprint density at radius 3 is 2.45 bits per heavy atom. The average Bonchev–Trinajstić information content (AvgIpc) is 2.08. The van der Waals surface area contributed by atoms with Gasteiger partial charge in [0.2, 0.25) is 5.91 Å². The standard InChI is InChI=1S/C9H13NO/c11-8-2-1-3-10(8)9-4-7(5-9)6-9/h7H,1-6H2. The highest BCUT2D eigenvalue weighted by atomic mass is 16.2. The van der Waals surface area contributed by atoms with Crippen molar-refractivity contribution in [1.29, 1.82) is 0 Å². The van der Waals surface area contributed by atoms with E-state index in [1.54, 1.807) is 0 Å². The van der Waals surface area contributed by atoms with Gasteiger partial charge < -0.3 is 4.90 Å². The fraction of sp³-hybridized carbons (Fsp3) is 0.889. The lowest BCUT2D eigenvalue weighted by molar-refractivity contribution is -0.165. The first-order valence-corrected chi connectivity index (χ1v) is 4.61. The molecule has 0 spiro atoms. The van der Waals surface area contributed by atoms with E-state index in [-0.39, 0.29) is 0 Å². The van der Waals surface area contributed by atoms with Crippen LogP contribution in [0.15, 0.2) is 0 Å². The Kier molecular flexibility index (Phi) is 0.890. The van der Waals surface area contributed by atoms with E-state index in [2.05, 4.69) is 4.90 Å². The number of hydrogen-bond acceptors (Lipinski definition) is 1. The highest BCUT2D eigenvalue weighted by Gasteiger charge is 2.61. The van der Waals surface area contributed by atoms with E-state index < -0.39 is 0 Å². The molecule has 0 atom stereocenters. The minimum atomic E-state index is 0.401. The predicted molar refractivity (Wildman–Crippen MR) is 41.0 cm³/mol. The second-order valence-electron chi connectivity index (χ2n) is 4.35. The summed E-state index contributed by atoms with van der Waals surface area (Å²) in [5.74, 6) is 1.41. The van der Waals surface area contributed by atoms with Gasteiger partial charge in [0.1, 0.15) is 0 Å². The number of likely N-dealkylation sites (tertiary alicyclic amines) is 1. The summed E-state index contributed by atoms with van der Waals surface area (Å²) >= 11 is 0. The van der Waals surface area contributed by atoms with E-state index in [0.29, 0.717) is 11.4 Å². The van der Waals surface area contributed by atoms with Gasteiger partial charge >= 0.3 is 0 Å². The minimum Gasteiger partial charge on any atom is -0.337 e. The summed E-state index contributed by atoms with van der Waals surface area (Å²) in [6.45, 7) is 1.05. The van der Waals surface area contributed by atoms with E-state index in [4.69, 9.17) is 0 Å². The molecule has 2 heteroatoms. The molecule has 3 aliphatic carbocycles. The maximum absolute atomic E-state index is 11.4. The molecule has 0 aromatic rings. The number of hydrogen-bond donors (Lipinski definition) is 0. The largest absolute Gasteiger partial charge is 0.337 e. The molecule has 4 aliphatic rings. The summed E-state index contributed by atoms with van der Waals surface area (Å²) < 4.78 is 0. The van der Waals surface area contributed by atoms with Crippen LogP contribution in [0.5, 0.6) is 0 Å². The van der Waals surface area contributed by atoms with E-state index in [0.717, 1.165) is 25.3 Å². The average molecular weight is 151 g/mol. The Morgan fingerprint density at radius 2 is 2.09 bits per heavy atom. The zero-order valence-corrected chi connectivity index (χ0v) is 6.68. The van der Waals surface area contributed by atoms with Crippen LogP contribution in [0.2, 0.25) is 0 Å². The summed E-state index contributed by atoms with van der Waals surface area (Å²) in [6.07, 6.45) is 5.87. The topological polar surface area (TPSA) is 20.3 Å². The Hall–Kier alpha value is -0.530. The molecule has 4 fully saturated rings. The molecular weight excluding hydrogens is 138 g/mol. The van der Waals surface area contributed by atoms with Gasteiger partial charge in [-0.15, -0.1) is 0 Å². The van der Waals surface area contributed by atoms with Crippen LogP contribution >= 0.6 is 0 Å². The lowest BCUT2D eigenvalue weighted by Crippen LogP contribution is -2.68. The van der Waals surface area contributed by atoms with Gasteiger partial charge in [-0.1, -0.05) is 0 Å². The quantitative estimate of drug-likeness (QED) is 0.550. The third-order valence-corrected chi connectivity index (χ3v) is 3.65. The Balaban J connectivity index is 1.82. The van der Waals surface area contributed by atoms with Gasteiger partial charge in [0, 0.05) is 18.5 Å². The van der Waals surface area contributed by atoms with Crippen molar-refractivity contribution in [3.05, 3.63) is 0 Å². The summed E-state index contributed by atoms with van der Waals surface area (Å²) in [5, 5.41) is 0. The molecule has 2 bridgehead atoms. The van der Waals surface area contributed by atoms with Crippen molar-refractivity contribution in [3.8, 4) is 0 Å². The van der Waals surface area contributed by atoms with Crippen molar-refractivity contribution in [1.82, 2.24) is 4.90 Å². The number of amides is 1. The second-order valence-corrected chi connectivity index (χ2v) is 4.35. The van der Waals surface area contributed by atoms with Crippen LogP contribution in [0.1, 0.15) is 32.1 Å². The van der Waals surface area contributed by atoms with Crippen LogP contribution in [0, 0.1) is 5.92 Å². The van der Waals surface area contributed by atoms with Crippen LogP contribution in [-0.4, -0.2) is 22.9 Å². The smallest absolute Gasteiger partial charge is 0.223 e. The lowest BCUT2D eigenvalue weighted by atomic mass is 9.49. The maximum atomic E-state index is 11.4. The third kappa shape index (κ3) is 0.569. The first-order valence-electron chi connectivity index (χ1n) is 4.61. The molecule has 1 amide bonds. The number of rotatable bonds is 1. The summed E-state index contributed by atoms with van der Waals surface area (Å²) in [4.78, 5) is 13.5. The monoisotopic (exact) mass is 151 g/mol. The van der Waals surface area contributed by atoms with Crippen LogP contribution in [-0.2, 0) is 4.79 Å². The van der Waals surface area contributed by atoms with Crippen LogP contribution in [0.25, 0.3) is 0 Å². The Bertz CT molecular complexity index is 207. The molecule has 60 valence electrons. The van der Waals surface area contributed by atoms with Crippen molar-refractivity contribution < 1.29 is 4.79 Å². The van der Waals surface area contributed by atoms with Gasteiger partial charge in [0.25, 0.3) is 0 Å². The van der Waals surface area contributed by atoms with Crippen molar-refractivity contribution in [2.24, 2.45) is 5.92 Å². The van der Waals surface area contributed by atoms with Crippen molar-refractivity contribution in [2.75, 3.05) is 6.54 Å². The van der Waals surface area contributed by atoms with Gasteiger partial charge in [0.15, 0.2) is 0 Å². The van der Waals surface area contributed by atoms with E-state index in [1.807, 2.05) is 0 Å². The van der Waals surface area contributed by atoms with Crippen LogP contribution in [0.3, 0.4) is 0 Å². The van der Waals surface area contributed by atoms with E-state index in [1.165, 1.54) is 19.3 Å². The fourth-order valence-corrected chi connectivity index (χ4v) is 2.91. The SMILES string of the molecule is O=C1CCCN1C12CC(C1)C2. The zero-order chi connectivity index (χ0) is 7.47. The van der Waals surface area contributed by atoms with Gasteiger partial charge in [-0.25, -0.2) is 0 Å². The van der Waals surface area contributed by atoms with Gasteiger partial charge in [0.05, 0.1) is 0 Å². The predicted octanol–water partition coefficient (Wildman–Crippen LogP) is 1.16. The van der Waals surface area contributed by atoms with Gasteiger partial charge in [-0.2, -0.15) is 0 Å². The first kappa shape index (κ1) is 6.04. The highest BCUT2D eigenvalue weighted by molar-refractivity contribution is 5.79. The molecule has 0 radical (unpaired) electrons. The first-order chi connectivity index (χ1) is 5.30.